The molecule has 1 fully saturated rings. The summed E-state index contributed by atoms with van der Waals surface area (Å²) in [6, 6.07) is 5.43. The number of hydrogen-bond acceptors (Lipinski definition) is 3. The normalized spacial score (nSPS) is 19.3. The lowest BCUT2D eigenvalue weighted by Gasteiger charge is -2.22. The first-order valence-electron chi connectivity index (χ1n) is 6.08. The number of piperidine rings is 1. The summed E-state index contributed by atoms with van der Waals surface area (Å²) in [7, 11) is 1.61. The summed E-state index contributed by atoms with van der Waals surface area (Å²) in [6.45, 7) is 0.914. The summed E-state index contributed by atoms with van der Waals surface area (Å²) in [5.41, 5.74) is 0.742. The first kappa shape index (κ1) is 13.4. The molecule has 1 unspecified atom stereocenters. The smallest absolute Gasteiger partial charge is 0.241 e. The second-order valence-corrected chi connectivity index (χ2v) is 5.19. The minimum Gasteiger partial charge on any atom is -0.497 e. The van der Waals surface area contributed by atoms with Crippen molar-refractivity contribution in [1.29, 1.82) is 0 Å². The van der Waals surface area contributed by atoms with Gasteiger partial charge in [0, 0.05) is 10.5 Å². The van der Waals surface area contributed by atoms with Crippen molar-refractivity contribution in [2.45, 2.75) is 25.3 Å². The third-order valence-electron chi connectivity index (χ3n) is 3.06. The Hall–Kier alpha value is -1.07. The molecular formula is C13H17BrN2O2. The third kappa shape index (κ3) is 3.23. The van der Waals surface area contributed by atoms with Crippen LogP contribution < -0.4 is 15.4 Å². The van der Waals surface area contributed by atoms with Gasteiger partial charge in [0.15, 0.2) is 0 Å². The number of carbonyl (C=O) groups is 1. The van der Waals surface area contributed by atoms with Gasteiger partial charge in [0.05, 0.1) is 18.8 Å². The van der Waals surface area contributed by atoms with Crippen LogP contribution in [0.2, 0.25) is 0 Å². The monoisotopic (exact) mass is 312 g/mol. The van der Waals surface area contributed by atoms with Crippen molar-refractivity contribution in [3.8, 4) is 5.75 Å². The minimum absolute atomic E-state index is 0.0173. The second-order valence-electron chi connectivity index (χ2n) is 4.34. The average molecular weight is 313 g/mol. The van der Waals surface area contributed by atoms with E-state index in [1.54, 1.807) is 7.11 Å². The van der Waals surface area contributed by atoms with Crippen LogP contribution in [0.25, 0.3) is 0 Å². The van der Waals surface area contributed by atoms with E-state index in [1.807, 2.05) is 18.2 Å². The first-order valence-corrected chi connectivity index (χ1v) is 6.88. The number of hydrogen-bond donors (Lipinski definition) is 2. The topological polar surface area (TPSA) is 50.4 Å². The molecule has 1 saturated heterocycles. The van der Waals surface area contributed by atoms with Crippen molar-refractivity contribution in [2.75, 3.05) is 19.0 Å². The van der Waals surface area contributed by atoms with Crippen molar-refractivity contribution >= 4 is 27.5 Å². The van der Waals surface area contributed by atoms with Gasteiger partial charge in [-0.3, -0.25) is 4.79 Å². The summed E-state index contributed by atoms with van der Waals surface area (Å²) in [6.07, 6.45) is 3.14. The van der Waals surface area contributed by atoms with Gasteiger partial charge in [-0.2, -0.15) is 0 Å². The lowest BCUT2D eigenvalue weighted by molar-refractivity contribution is -0.118. The second kappa shape index (κ2) is 6.20. The Balaban J connectivity index is 2.05. The zero-order valence-electron chi connectivity index (χ0n) is 10.3. The van der Waals surface area contributed by atoms with Crippen LogP contribution in [-0.2, 0) is 4.79 Å². The summed E-state index contributed by atoms with van der Waals surface area (Å²) in [5, 5.41) is 6.15. The summed E-state index contributed by atoms with van der Waals surface area (Å²) in [5.74, 6) is 0.744. The lowest BCUT2D eigenvalue weighted by Crippen LogP contribution is -2.43. The van der Waals surface area contributed by atoms with Gasteiger partial charge in [-0.25, -0.2) is 0 Å². The molecule has 1 aliphatic rings. The van der Waals surface area contributed by atoms with E-state index in [1.165, 1.54) is 0 Å². The van der Waals surface area contributed by atoms with Crippen LogP contribution in [-0.4, -0.2) is 25.6 Å². The fourth-order valence-corrected chi connectivity index (χ4v) is 2.37. The van der Waals surface area contributed by atoms with Gasteiger partial charge >= 0.3 is 0 Å². The maximum atomic E-state index is 12.1. The number of amides is 1. The molecule has 18 heavy (non-hydrogen) atoms. The molecule has 2 N–H and O–H groups in total. The van der Waals surface area contributed by atoms with E-state index in [9.17, 15) is 4.79 Å². The van der Waals surface area contributed by atoms with E-state index in [2.05, 4.69) is 26.6 Å². The number of rotatable bonds is 3. The van der Waals surface area contributed by atoms with E-state index >= 15 is 0 Å². The van der Waals surface area contributed by atoms with Crippen molar-refractivity contribution in [1.82, 2.24) is 5.32 Å². The van der Waals surface area contributed by atoms with Crippen LogP contribution in [0, 0.1) is 0 Å². The molecule has 0 aliphatic carbocycles. The summed E-state index contributed by atoms with van der Waals surface area (Å²) in [4.78, 5) is 12.1. The van der Waals surface area contributed by atoms with E-state index in [-0.39, 0.29) is 11.9 Å². The Morgan fingerprint density at radius 2 is 2.33 bits per heavy atom. The number of nitrogens with one attached hydrogen (secondary N) is 2. The van der Waals surface area contributed by atoms with Gasteiger partial charge in [0.1, 0.15) is 5.75 Å². The number of ether oxygens (including phenoxy) is 1. The van der Waals surface area contributed by atoms with Crippen molar-refractivity contribution in [3.63, 3.8) is 0 Å². The zero-order chi connectivity index (χ0) is 13.0. The van der Waals surface area contributed by atoms with E-state index in [0.717, 1.165) is 41.7 Å². The number of anilines is 1. The molecule has 5 heteroatoms. The highest BCUT2D eigenvalue weighted by atomic mass is 79.9. The molecule has 0 bridgehead atoms. The highest BCUT2D eigenvalue weighted by Gasteiger charge is 2.21. The molecule has 98 valence electrons. The average Bonchev–Trinajstić information content (AvgIpc) is 2.42. The highest BCUT2D eigenvalue weighted by Crippen LogP contribution is 2.27. The van der Waals surface area contributed by atoms with Crippen LogP contribution in [0.15, 0.2) is 22.7 Å². The Kier molecular flexibility index (Phi) is 4.60. The van der Waals surface area contributed by atoms with Gasteiger partial charge in [0.25, 0.3) is 0 Å². The fraction of sp³-hybridized carbons (Fsp3) is 0.462. The third-order valence-corrected chi connectivity index (χ3v) is 3.75. The van der Waals surface area contributed by atoms with Gasteiger partial charge in [-0.15, -0.1) is 0 Å². The standard InChI is InChI=1S/C13H17BrN2O2/c1-18-9-5-6-10(14)12(8-9)16-13(17)11-4-2-3-7-15-11/h5-6,8,11,15H,2-4,7H2,1H3,(H,16,17). The number of carbonyl (C=O) groups excluding carboxylic acids is 1. The summed E-state index contributed by atoms with van der Waals surface area (Å²) < 4.78 is 6.00. The van der Waals surface area contributed by atoms with Crippen LogP contribution in [0.4, 0.5) is 5.69 Å². The Morgan fingerprint density at radius 3 is 3.00 bits per heavy atom. The molecule has 0 aromatic heterocycles. The van der Waals surface area contributed by atoms with E-state index in [4.69, 9.17) is 4.74 Å². The zero-order valence-corrected chi connectivity index (χ0v) is 11.9. The van der Waals surface area contributed by atoms with Gasteiger partial charge < -0.3 is 15.4 Å². The summed E-state index contributed by atoms with van der Waals surface area (Å²) >= 11 is 3.42. The van der Waals surface area contributed by atoms with E-state index in [0.29, 0.717) is 0 Å². The predicted octanol–water partition coefficient (Wildman–Crippen LogP) is 2.54. The highest BCUT2D eigenvalue weighted by molar-refractivity contribution is 9.10. The maximum absolute atomic E-state index is 12.1. The van der Waals surface area contributed by atoms with E-state index < -0.39 is 0 Å². The van der Waals surface area contributed by atoms with Crippen molar-refractivity contribution < 1.29 is 9.53 Å². The molecule has 1 aromatic rings. The predicted molar refractivity (Wildman–Crippen MR) is 75.0 cm³/mol. The molecule has 2 rings (SSSR count). The largest absolute Gasteiger partial charge is 0.497 e. The molecule has 1 atom stereocenters. The van der Waals surface area contributed by atoms with Gasteiger partial charge in [-0.05, 0) is 47.4 Å². The first-order chi connectivity index (χ1) is 8.70. The molecular weight excluding hydrogens is 296 g/mol. The van der Waals surface area contributed by atoms with Crippen LogP contribution >= 0.6 is 15.9 Å². The van der Waals surface area contributed by atoms with Crippen LogP contribution in [0.5, 0.6) is 5.75 Å². The minimum atomic E-state index is -0.0862. The molecule has 0 radical (unpaired) electrons. The number of methoxy groups -OCH3 is 1. The van der Waals surface area contributed by atoms with Crippen LogP contribution in [0.3, 0.4) is 0 Å². The van der Waals surface area contributed by atoms with Gasteiger partial charge in [0.2, 0.25) is 5.91 Å². The van der Waals surface area contributed by atoms with Crippen LogP contribution in [0.1, 0.15) is 19.3 Å². The quantitative estimate of drug-likeness (QED) is 0.901. The maximum Gasteiger partial charge on any atom is 0.241 e. The molecule has 4 nitrogen and oxygen atoms in total. The Bertz CT molecular complexity index is 431. The fourth-order valence-electron chi connectivity index (χ4n) is 2.02. The molecule has 1 heterocycles. The van der Waals surface area contributed by atoms with Gasteiger partial charge in [-0.1, -0.05) is 6.42 Å². The molecule has 1 aliphatic heterocycles. The van der Waals surface area contributed by atoms with Crippen molar-refractivity contribution in [2.24, 2.45) is 0 Å². The SMILES string of the molecule is COc1ccc(Br)c(NC(=O)C2CCCCN2)c1. The molecule has 0 saturated carbocycles. The Labute approximate surface area is 115 Å². The Morgan fingerprint density at radius 1 is 1.50 bits per heavy atom. The molecule has 0 spiro atoms. The molecule has 1 amide bonds. The lowest BCUT2D eigenvalue weighted by atomic mass is 10.0. The molecule has 1 aromatic carbocycles. The van der Waals surface area contributed by atoms with Crippen molar-refractivity contribution in [3.05, 3.63) is 22.7 Å². The number of benzene rings is 1. The number of halogens is 1.